The van der Waals surface area contributed by atoms with Gasteiger partial charge in [0, 0.05) is 0 Å². The quantitative estimate of drug-likeness (QED) is 0.875. The predicted molar refractivity (Wildman–Crippen MR) is 82.4 cm³/mol. The lowest BCUT2D eigenvalue weighted by Crippen LogP contribution is -2.48. The zero-order valence-electron chi connectivity index (χ0n) is 11.8. The molecule has 0 aliphatic carbocycles. The molecule has 20 heavy (non-hydrogen) atoms. The van der Waals surface area contributed by atoms with Gasteiger partial charge in [-0.05, 0) is 38.4 Å². The monoisotopic (exact) mass is 298 g/mol. The van der Waals surface area contributed by atoms with E-state index in [2.05, 4.69) is 10.6 Å². The van der Waals surface area contributed by atoms with E-state index in [4.69, 9.17) is 4.74 Å². The first-order chi connectivity index (χ1) is 9.25. The van der Waals surface area contributed by atoms with Crippen molar-refractivity contribution in [3.63, 3.8) is 0 Å². The van der Waals surface area contributed by atoms with Crippen LogP contribution in [0.5, 0.6) is 5.75 Å². The average Bonchev–Trinajstić information content (AvgIpc) is 2.47. The highest BCUT2D eigenvalue weighted by molar-refractivity contribution is 5.85. The standard InChI is InChI=1S/C15H22N2O2.ClH/c1-12(19-13-7-3-2-4-8-13)11-17-15(18)14-9-5-6-10-16-14;/h2-4,7-8,12,14,16H,5-6,9-11H2,1H3,(H,17,18);1H. The molecule has 1 saturated heterocycles. The van der Waals surface area contributed by atoms with E-state index in [0.29, 0.717) is 6.54 Å². The Kier molecular flexibility index (Phi) is 7.41. The zero-order valence-corrected chi connectivity index (χ0v) is 12.6. The van der Waals surface area contributed by atoms with Gasteiger partial charge < -0.3 is 15.4 Å². The van der Waals surface area contributed by atoms with E-state index in [1.54, 1.807) is 0 Å². The summed E-state index contributed by atoms with van der Waals surface area (Å²) < 4.78 is 5.72. The first-order valence-electron chi connectivity index (χ1n) is 6.98. The number of ether oxygens (including phenoxy) is 1. The number of amides is 1. The van der Waals surface area contributed by atoms with Gasteiger partial charge in [0.1, 0.15) is 11.9 Å². The van der Waals surface area contributed by atoms with Crippen molar-refractivity contribution in [1.82, 2.24) is 10.6 Å². The number of hydrogen-bond donors (Lipinski definition) is 2. The molecule has 5 heteroatoms. The van der Waals surface area contributed by atoms with Gasteiger partial charge in [-0.15, -0.1) is 12.4 Å². The summed E-state index contributed by atoms with van der Waals surface area (Å²) in [7, 11) is 0. The summed E-state index contributed by atoms with van der Waals surface area (Å²) in [6, 6.07) is 9.63. The fraction of sp³-hybridized carbons (Fsp3) is 0.533. The molecule has 1 fully saturated rings. The van der Waals surface area contributed by atoms with Crippen molar-refractivity contribution in [2.24, 2.45) is 0 Å². The second-order valence-electron chi connectivity index (χ2n) is 4.99. The van der Waals surface area contributed by atoms with Crippen LogP contribution in [-0.2, 0) is 4.79 Å². The summed E-state index contributed by atoms with van der Waals surface area (Å²) in [5.74, 6) is 0.920. The second-order valence-corrected chi connectivity index (χ2v) is 4.99. The van der Waals surface area contributed by atoms with E-state index in [1.807, 2.05) is 37.3 Å². The lowest BCUT2D eigenvalue weighted by molar-refractivity contribution is -0.124. The number of para-hydroxylation sites is 1. The van der Waals surface area contributed by atoms with Crippen LogP contribution in [0.3, 0.4) is 0 Å². The highest BCUT2D eigenvalue weighted by Crippen LogP contribution is 2.10. The molecule has 0 saturated carbocycles. The van der Waals surface area contributed by atoms with Crippen molar-refractivity contribution >= 4 is 18.3 Å². The fourth-order valence-corrected chi connectivity index (χ4v) is 2.22. The molecular formula is C15H23ClN2O2. The molecule has 1 amide bonds. The van der Waals surface area contributed by atoms with Gasteiger partial charge in [-0.2, -0.15) is 0 Å². The number of rotatable bonds is 5. The molecule has 0 spiro atoms. The van der Waals surface area contributed by atoms with E-state index in [9.17, 15) is 4.79 Å². The molecule has 2 atom stereocenters. The van der Waals surface area contributed by atoms with E-state index >= 15 is 0 Å². The minimum absolute atomic E-state index is 0. The maximum Gasteiger partial charge on any atom is 0.237 e. The fourth-order valence-electron chi connectivity index (χ4n) is 2.22. The minimum atomic E-state index is -0.0325. The van der Waals surface area contributed by atoms with Crippen LogP contribution < -0.4 is 15.4 Å². The van der Waals surface area contributed by atoms with Gasteiger partial charge in [0.05, 0.1) is 12.6 Å². The SMILES string of the molecule is CC(CNC(=O)C1CCCCN1)Oc1ccccc1.Cl. The topological polar surface area (TPSA) is 50.4 Å². The molecule has 1 aliphatic rings. The Balaban J connectivity index is 0.00000200. The molecule has 4 nitrogen and oxygen atoms in total. The third-order valence-electron chi connectivity index (χ3n) is 3.27. The first kappa shape index (κ1) is 16.8. The Morgan fingerprint density at radius 3 is 2.80 bits per heavy atom. The Bertz CT molecular complexity index is 394. The summed E-state index contributed by atoms with van der Waals surface area (Å²) in [5.41, 5.74) is 0. The highest BCUT2D eigenvalue weighted by Gasteiger charge is 2.20. The van der Waals surface area contributed by atoms with Crippen LogP contribution in [0.25, 0.3) is 0 Å². The number of carbonyl (C=O) groups is 1. The molecule has 2 unspecified atom stereocenters. The molecule has 2 N–H and O–H groups in total. The summed E-state index contributed by atoms with van der Waals surface area (Å²) in [6.07, 6.45) is 3.19. The molecule has 1 aromatic carbocycles. The number of nitrogens with one attached hydrogen (secondary N) is 2. The molecular weight excluding hydrogens is 276 g/mol. The molecule has 0 radical (unpaired) electrons. The maximum atomic E-state index is 11.9. The van der Waals surface area contributed by atoms with E-state index < -0.39 is 0 Å². The third kappa shape index (κ3) is 5.39. The van der Waals surface area contributed by atoms with Crippen molar-refractivity contribution in [3.8, 4) is 5.75 Å². The molecule has 1 aliphatic heterocycles. The van der Waals surface area contributed by atoms with E-state index in [-0.39, 0.29) is 30.5 Å². The van der Waals surface area contributed by atoms with Crippen molar-refractivity contribution in [2.75, 3.05) is 13.1 Å². The van der Waals surface area contributed by atoms with Gasteiger partial charge >= 0.3 is 0 Å². The number of carbonyl (C=O) groups excluding carboxylic acids is 1. The van der Waals surface area contributed by atoms with Gasteiger partial charge in [-0.25, -0.2) is 0 Å². The van der Waals surface area contributed by atoms with Crippen molar-refractivity contribution in [1.29, 1.82) is 0 Å². The Hall–Kier alpha value is -1.26. The van der Waals surface area contributed by atoms with Gasteiger partial charge in [0.2, 0.25) is 5.91 Å². The molecule has 112 valence electrons. The van der Waals surface area contributed by atoms with E-state index in [0.717, 1.165) is 31.6 Å². The van der Waals surface area contributed by atoms with Gasteiger partial charge in [0.15, 0.2) is 0 Å². The van der Waals surface area contributed by atoms with Gasteiger partial charge in [-0.3, -0.25) is 4.79 Å². The second kappa shape index (κ2) is 8.82. The van der Waals surface area contributed by atoms with E-state index in [1.165, 1.54) is 0 Å². The van der Waals surface area contributed by atoms with Crippen LogP contribution in [0.15, 0.2) is 30.3 Å². The number of hydrogen-bond acceptors (Lipinski definition) is 3. The molecule has 0 bridgehead atoms. The molecule has 1 aromatic rings. The van der Waals surface area contributed by atoms with Gasteiger partial charge in [0.25, 0.3) is 0 Å². The van der Waals surface area contributed by atoms with Crippen LogP contribution in [0.1, 0.15) is 26.2 Å². The number of halogens is 1. The molecule has 0 aromatic heterocycles. The Labute approximate surface area is 126 Å². The first-order valence-corrected chi connectivity index (χ1v) is 6.98. The lowest BCUT2D eigenvalue weighted by Gasteiger charge is -2.23. The summed E-state index contributed by atoms with van der Waals surface area (Å²) in [5, 5.41) is 6.19. The van der Waals surface area contributed by atoms with Crippen LogP contribution in [0, 0.1) is 0 Å². The smallest absolute Gasteiger partial charge is 0.237 e. The Morgan fingerprint density at radius 2 is 2.15 bits per heavy atom. The van der Waals surface area contributed by atoms with Gasteiger partial charge in [-0.1, -0.05) is 24.6 Å². The zero-order chi connectivity index (χ0) is 13.5. The number of piperidine rings is 1. The maximum absolute atomic E-state index is 11.9. The predicted octanol–water partition coefficient (Wildman–Crippen LogP) is 2.13. The van der Waals surface area contributed by atoms with Crippen LogP contribution in [-0.4, -0.2) is 31.1 Å². The largest absolute Gasteiger partial charge is 0.489 e. The van der Waals surface area contributed by atoms with Crippen molar-refractivity contribution in [3.05, 3.63) is 30.3 Å². The summed E-state index contributed by atoms with van der Waals surface area (Å²) >= 11 is 0. The molecule has 2 rings (SSSR count). The van der Waals surface area contributed by atoms with Crippen LogP contribution in [0.2, 0.25) is 0 Å². The van der Waals surface area contributed by atoms with Crippen LogP contribution in [0.4, 0.5) is 0 Å². The Morgan fingerprint density at radius 1 is 1.40 bits per heavy atom. The summed E-state index contributed by atoms with van der Waals surface area (Å²) in [4.78, 5) is 11.9. The van der Waals surface area contributed by atoms with Crippen LogP contribution >= 0.6 is 12.4 Å². The van der Waals surface area contributed by atoms with Crippen molar-refractivity contribution in [2.45, 2.75) is 38.3 Å². The average molecular weight is 299 g/mol. The lowest BCUT2D eigenvalue weighted by atomic mass is 10.0. The van der Waals surface area contributed by atoms with Crippen molar-refractivity contribution < 1.29 is 9.53 Å². The number of benzene rings is 1. The highest BCUT2D eigenvalue weighted by atomic mass is 35.5. The molecule has 1 heterocycles. The normalized spacial score (nSPS) is 19.6. The minimum Gasteiger partial charge on any atom is -0.489 e. The summed E-state index contributed by atoms with van der Waals surface area (Å²) in [6.45, 7) is 3.43. The third-order valence-corrected chi connectivity index (χ3v) is 3.27.